The van der Waals surface area contributed by atoms with E-state index in [4.69, 9.17) is 0 Å². The molecule has 0 unspecified atom stereocenters. The summed E-state index contributed by atoms with van der Waals surface area (Å²) in [5, 5.41) is 9.24. The highest BCUT2D eigenvalue weighted by molar-refractivity contribution is 5.89. The molecule has 2 aromatic rings. The number of hydrogen-bond donors (Lipinski definition) is 3. The molecule has 132 valence electrons. The van der Waals surface area contributed by atoms with Crippen LogP contribution in [0.25, 0.3) is 0 Å². The lowest BCUT2D eigenvalue weighted by atomic mass is 9.89. The van der Waals surface area contributed by atoms with E-state index in [0.29, 0.717) is 18.5 Å². The molecule has 1 aliphatic rings. The standard InChI is InChI=1S/C20H24FN3O/c21-17-9-6-15(7-10-17)12-16-8-11-19(22-13-16)14-23-20(25)24-18-4-2-1-3-5-18/h1-7,9-10,16,19,22H,8,11-14H2,(H2,23,24,25)/t16-,19-/m0/s1. The molecule has 3 rings (SSSR count). The fourth-order valence-corrected chi connectivity index (χ4v) is 3.19. The monoisotopic (exact) mass is 341 g/mol. The SMILES string of the molecule is O=C(NC[C@@H]1CC[C@@H](Cc2ccc(F)cc2)CN1)Nc1ccccc1. The third-order valence-electron chi connectivity index (χ3n) is 4.60. The van der Waals surface area contributed by atoms with Crippen molar-refractivity contribution in [1.29, 1.82) is 0 Å². The van der Waals surface area contributed by atoms with E-state index in [9.17, 15) is 9.18 Å². The van der Waals surface area contributed by atoms with Crippen LogP contribution >= 0.6 is 0 Å². The van der Waals surface area contributed by atoms with E-state index < -0.39 is 0 Å². The van der Waals surface area contributed by atoms with E-state index in [1.807, 2.05) is 42.5 Å². The molecule has 1 heterocycles. The molecule has 25 heavy (non-hydrogen) atoms. The molecule has 2 amide bonds. The zero-order valence-corrected chi connectivity index (χ0v) is 14.2. The predicted octanol–water partition coefficient (Wildman–Crippen LogP) is 3.56. The Hall–Kier alpha value is -2.40. The molecule has 3 N–H and O–H groups in total. The van der Waals surface area contributed by atoms with Crippen LogP contribution in [0.2, 0.25) is 0 Å². The first kappa shape index (κ1) is 17.4. The van der Waals surface area contributed by atoms with Crippen molar-refractivity contribution in [2.75, 3.05) is 18.4 Å². The van der Waals surface area contributed by atoms with Crippen LogP contribution < -0.4 is 16.0 Å². The van der Waals surface area contributed by atoms with Crippen LogP contribution in [-0.2, 0) is 6.42 Å². The quantitative estimate of drug-likeness (QED) is 0.779. The van der Waals surface area contributed by atoms with Crippen molar-refractivity contribution in [1.82, 2.24) is 10.6 Å². The van der Waals surface area contributed by atoms with Gasteiger partial charge in [0.2, 0.25) is 0 Å². The summed E-state index contributed by atoms with van der Waals surface area (Å²) in [5.41, 5.74) is 1.96. The molecule has 5 heteroatoms. The molecule has 0 spiro atoms. The Kier molecular flexibility index (Phi) is 6.01. The molecule has 2 atom stereocenters. The van der Waals surface area contributed by atoms with Gasteiger partial charge in [-0.15, -0.1) is 0 Å². The first-order chi connectivity index (χ1) is 12.2. The summed E-state index contributed by atoms with van der Waals surface area (Å²) in [5.74, 6) is 0.366. The van der Waals surface area contributed by atoms with Gasteiger partial charge in [0.1, 0.15) is 5.82 Å². The zero-order valence-electron chi connectivity index (χ0n) is 14.2. The highest BCUT2D eigenvalue weighted by atomic mass is 19.1. The minimum absolute atomic E-state index is 0.179. The summed E-state index contributed by atoms with van der Waals surface area (Å²) < 4.78 is 13.0. The third-order valence-corrected chi connectivity index (χ3v) is 4.60. The van der Waals surface area contributed by atoms with Crippen LogP contribution in [0.1, 0.15) is 18.4 Å². The number of amides is 2. The lowest BCUT2D eigenvalue weighted by Gasteiger charge is -2.30. The lowest BCUT2D eigenvalue weighted by molar-refractivity contribution is 0.247. The number of carbonyl (C=O) groups excluding carboxylic acids is 1. The summed E-state index contributed by atoms with van der Waals surface area (Å²) in [4.78, 5) is 11.9. The second-order valence-electron chi connectivity index (χ2n) is 6.58. The van der Waals surface area contributed by atoms with Gasteiger partial charge >= 0.3 is 6.03 Å². The Labute approximate surface area is 147 Å². The van der Waals surface area contributed by atoms with Gasteiger partial charge in [-0.1, -0.05) is 30.3 Å². The number of carbonyl (C=O) groups is 1. The van der Waals surface area contributed by atoms with Crippen molar-refractivity contribution in [2.45, 2.75) is 25.3 Å². The summed E-state index contributed by atoms with van der Waals surface area (Å²) in [6, 6.07) is 16.3. The van der Waals surface area contributed by atoms with Crippen LogP contribution in [0.5, 0.6) is 0 Å². The Morgan fingerprint density at radius 1 is 1.08 bits per heavy atom. The average Bonchev–Trinajstić information content (AvgIpc) is 2.64. The minimum Gasteiger partial charge on any atom is -0.336 e. The molecule has 0 aromatic heterocycles. The van der Waals surface area contributed by atoms with Gasteiger partial charge in [0, 0.05) is 18.3 Å². The maximum Gasteiger partial charge on any atom is 0.319 e. The van der Waals surface area contributed by atoms with Crippen molar-refractivity contribution in [3.63, 3.8) is 0 Å². The van der Waals surface area contributed by atoms with Gasteiger partial charge in [0.15, 0.2) is 0 Å². The first-order valence-electron chi connectivity index (χ1n) is 8.77. The van der Waals surface area contributed by atoms with Gasteiger partial charge in [0.05, 0.1) is 0 Å². The second kappa shape index (κ2) is 8.62. The van der Waals surface area contributed by atoms with Crippen LogP contribution in [0.15, 0.2) is 54.6 Å². The number of rotatable bonds is 5. The maximum absolute atomic E-state index is 13.0. The smallest absolute Gasteiger partial charge is 0.319 e. The second-order valence-corrected chi connectivity index (χ2v) is 6.58. The first-order valence-corrected chi connectivity index (χ1v) is 8.77. The van der Waals surface area contributed by atoms with E-state index in [1.54, 1.807) is 0 Å². The van der Waals surface area contributed by atoms with Gasteiger partial charge in [-0.05, 0) is 61.6 Å². The van der Waals surface area contributed by atoms with Crippen molar-refractivity contribution >= 4 is 11.7 Å². The van der Waals surface area contributed by atoms with Crippen molar-refractivity contribution in [3.8, 4) is 0 Å². The number of anilines is 1. The van der Waals surface area contributed by atoms with E-state index >= 15 is 0 Å². The van der Waals surface area contributed by atoms with Gasteiger partial charge in [-0.25, -0.2) is 9.18 Å². The molecular weight excluding hydrogens is 317 g/mol. The van der Waals surface area contributed by atoms with Crippen LogP contribution in [0.4, 0.5) is 14.9 Å². The van der Waals surface area contributed by atoms with Crippen molar-refractivity contribution in [2.24, 2.45) is 5.92 Å². The number of halogens is 1. The predicted molar refractivity (Wildman–Crippen MR) is 98.1 cm³/mol. The molecule has 1 aliphatic heterocycles. The Balaban J connectivity index is 1.36. The van der Waals surface area contributed by atoms with E-state index in [1.165, 1.54) is 17.7 Å². The maximum atomic E-state index is 13.0. The Morgan fingerprint density at radius 2 is 1.84 bits per heavy atom. The molecule has 0 bridgehead atoms. The Bertz CT molecular complexity index is 667. The van der Waals surface area contributed by atoms with E-state index in [0.717, 1.165) is 31.5 Å². The number of para-hydroxylation sites is 1. The van der Waals surface area contributed by atoms with Gasteiger partial charge in [0.25, 0.3) is 0 Å². The lowest BCUT2D eigenvalue weighted by Crippen LogP contribution is -2.47. The molecule has 0 aliphatic carbocycles. The molecule has 0 radical (unpaired) electrons. The van der Waals surface area contributed by atoms with E-state index in [-0.39, 0.29) is 11.8 Å². The number of benzene rings is 2. The number of urea groups is 1. The van der Waals surface area contributed by atoms with Crippen LogP contribution in [-0.4, -0.2) is 25.2 Å². The van der Waals surface area contributed by atoms with Gasteiger partial charge in [-0.3, -0.25) is 0 Å². The molecule has 1 saturated heterocycles. The fourth-order valence-electron chi connectivity index (χ4n) is 3.19. The molecule has 0 saturated carbocycles. The largest absolute Gasteiger partial charge is 0.336 e. The van der Waals surface area contributed by atoms with Crippen LogP contribution in [0.3, 0.4) is 0 Å². The zero-order chi connectivity index (χ0) is 17.5. The molecule has 1 fully saturated rings. The minimum atomic E-state index is -0.189. The number of nitrogens with one attached hydrogen (secondary N) is 3. The Morgan fingerprint density at radius 3 is 2.52 bits per heavy atom. The highest BCUT2D eigenvalue weighted by Gasteiger charge is 2.21. The van der Waals surface area contributed by atoms with E-state index in [2.05, 4.69) is 16.0 Å². The van der Waals surface area contributed by atoms with Crippen molar-refractivity contribution in [3.05, 3.63) is 66.0 Å². The topological polar surface area (TPSA) is 53.2 Å². The molecule has 4 nitrogen and oxygen atoms in total. The summed E-state index contributed by atoms with van der Waals surface area (Å²) >= 11 is 0. The van der Waals surface area contributed by atoms with Crippen LogP contribution in [0, 0.1) is 11.7 Å². The highest BCUT2D eigenvalue weighted by Crippen LogP contribution is 2.19. The normalized spacial score (nSPS) is 20.0. The molecule has 2 aromatic carbocycles. The summed E-state index contributed by atoms with van der Waals surface area (Å²) in [7, 11) is 0. The van der Waals surface area contributed by atoms with Gasteiger partial charge < -0.3 is 16.0 Å². The summed E-state index contributed by atoms with van der Waals surface area (Å²) in [6.07, 6.45) is 3.09. The third kappa shape index (κ3) is 5.57. The van der Waals surface area contributed by atoms with Gasteiger partial charge in [-0.2, -0.15) is 0 Å². The molecular formula is C20H24FN3O. The van der Waals surface area contributed by atoms with Crippen molar-refractivity contribution < 1.29 is 9.18 Å². The number of hydrogen-bond acceptors (Lipinski definition) is 2. The fraction of sp³-hybridized carbons (Fsp3) is 0.350. The summed E-state index contributed by atoms with van der Waals surface area (Å²) in [6.45, 7) is 1.53. The number of piperidine rings is 1. The average molecular weight is 341 g/mol.